The lowest BCUT2D eigenvalue weighted by Crippen LogP contribution is -2.27. The molecule has 2 aromatic heterocycles. The standard InChI is InChI=1S/C21H27N3O/c1-3-22-17(2)15-19-16-24-13-7-12-20(21(24)23-19)25-14-8-11-18-9-5-4-6-10-18/h4-7,9-10,12-13,16-17,22H,3,8,11,14-15H2,1-2H3. The van der Waals surface area contributed by atoms with E-state index in [4.69, 9.17) is 9.72 Å². The van der Waals surface area contributed by atoms with Gasteiger partial charge in [0.15, 0.2) is 11.4 Å². The van der Waals surface area contributed by atoms with Gasteiger partial charge in [0, 0.05) is 24.9 Å². The molecule has 0 saturated heterocycles. The molecule has 0 aliphatic carbocycles. The summed E-state index contributed by atoms with van der Waals surface area (Å²) in [5.41, 5.74) is 3.35. The number of fused-ring (bicyclic) bond motifs is 1. The van der Waals surface area contributed by atoms with Crippen molar-refractivity contribution in [2.45, 2.75) is 39.2 Å². The van der Waals surface area contributed by atoms with Gasteiger partial charge >= 0.3 is 0 Å². The lowest BCUT2D eigenvalue weighted by atomic mass is 10.1. The molecule has 25 heavy (non-hydrogen) atoms. The fraction of sp³-hybridized carbons (Fsp3) is 0.381. The Kier molecular flexibility index (Phi) is 6.07. The molecule has 0 aliphatic rings. The van der Waals surface area contributed by atoms with Gasteiger partial charge in [-0.3, -0.25) is 0 Å². The van der Waals surface area contributed by atoms with Gasteiger partial charge in [-0.15, -0.1) is 0 Å². The van der Waals surface area contributed by atoms with Gasteiger partial charge in [0.2, 0.25) is 0 Å². The van der Waals surface area contributed by atoms with E-state index >= 15 is 0 Å². The molecule has 132 valence electrons. The van der Waals surface area contributed by atoms with Crippen LogP contribution in [0.1, 0.15) is 31.5 Å². The molecule has 0 fully saturated rings. The molecule has 2 heterocycles. The summed E-state index contributed by atoms with van der Waals surface area (Å²) >= 11 is 0. The number of aromatic nitrogens is 2. The van der Waals surface area contributed by atoms with Crippen molar-refractivity contribution in [2.75, 3.05) is 13.2 Å². The second kappa shape index (κ2) is 8.67. The van der Waals surface area contributed by atoms with Crippen molar-refractivity contribution < 1.29 is 4.74 Å². The van der Waals surface area contributed by atoms with E-state index in [1.807, 2.05) is 24.4 Å². The Morgan fingerprint density at radius 2 is 2.00 bits per heavy atom. The maximum atomic E-state index is 6.01. The number of ether oxygens (including phenoxy) is 1. The number of nitrogens with zero attached hydrogens (tertiary/aromatic N) is 2. The van der Waals surface area contributed by atoms with Crippen LogP contribution in [0.15, 0.2) is 54.9 Å². The van der Waals surface area contributed by atoms with Crippen LogP contribution in [0.2, 0.25) is 0 Å². The Morgan fingerprint density at radius 3 is 2.80 bits per heavy atom. The average molecular weight is 337 g/mol. The number of benzene rings is 1. The first-order chi connectivity index (χ1) is 12.3. The van der Waals surface area contributed by atoms with E-state index in [-0.39, 0.29) is 0 Å². The fourth-order valence-electron chi connectivity index (χ4n) is 3.09. The monoisotopic (exact) mass is 337 g/mol. The number of aryl methyl sites for hydroxylation is 1. The van der Waals surface area contributed by atoms with Crippen molar-refractivity contribution in [3.05, 3.63) is 66.1 Å². The summed E-state index contributed by atoms with van der Waals surface area (Å²) in [5.74, 6) is 0.859. The Bertz CT molecular complexity index is 782. The van der Waals surface area contributed by atoms with E-state index in [0.29, 0.717) is 12.6 Å². The maximum Gasteiger partial charge on any atom is 0.179 e. The van der Waals surface area contributed by atoms with Gasteiger partial charge in [-0.1, -0.05) is 37.3 Å². The second-order valence-electron chi connectivity index (χ2n) is 6.44. The van der Waals surface area contributed by atoms with Gasteiger partial charge in [0.05, 0.1) is 12.3 Å². The zero-order valence-corrected chi connectivity index (χ0v) is 15.1. The lowest BCUT2D eigenvalue weighted by Gasteiger charge is -2.09. The number of imidazole rings is 1. The van der Waals surface area contributed by atoms with Crippen molar-refractivity contribution in [1.82, 2.24) is 14.7 Å². The first kappa shape index (κ1) is 17.5. The molecule has 0 spiro atoms. The number of rotatable bonds is 9. The predicted octanol–water partition coefficient (Wildman–Crippen LogP) is 3.89. The third-order valence-corrected chi connectivity index (χ3v) is 4.27. The van der Waals surface area contributed by atoms with E-state index in [1.54, 1.807) is 0 Å². The number of hydrogen-bond acceptors (Lipinski definition) is 3. The van der Waals surface area contributed by atoms with Gasteiger partial charge in [-0.05, 0) is 44.0 Å². The van der Waals surface area contributed by atoms with Gasteiger partial charge < -0.3 is 14.5 Å². The third kappa shape index (κ3) is 4.83. The third-order valence-electron chi connectivity index (χ3n) is 4.27. The first-order valence-electron chi connectivity index (χ1n) is 9.13. The minimum absolute atomic E-state index is 0.421. The van der Waals surface area contributed by atoms with Crippen molar-refractivity contribution >= 4 is 5.65 Å². The topological polar surface area (TPSA) is 38.6 Å². The van der Waals surface area contributed by atoms with Crippen LogP contribution in [0.3, 0.4) is 0 Å². The van der Waals surface area contributed by atoms with Crippen LogP contribution in [0.5, 0.6) is 5.75 Å². The highest BCUT2D eigenvalue weighted by molar-refractivity contribution is 5.54. The maximum absolute atomic E-state index is 6.01. The van der Waals surface area contributed by atoms with E-state index in [9.17, 15) is 0 Å². The Balaban J connectivity index is 1.60. The molecule has 4 nitrogen and oxygen atoms in total. The average Bonchev–Trinajstić information content (AvgIpc) is 3.03. The summed E-state index contributed by atoms with van der Waals surface area (Å²) in [6.07, 6.45) is 7.07. The van der Waals surface area contributed by atoms with Crippen LogP contribution in [-0.4, -0.2) is 28.6 Å². The fourth-order valence-corrected chi connectivity index (χ4v) is 3.09. The molecule has 1 atom stereocenters. The van der Waals surface area contributed by atoms with Gasteiger partial charge in [-0.25, -0.2) is 4.98 Å². The molecule has 0 saturated carbocycles. The van der Waals surface area contributed by atoms with Crippen LogP contribution < -0.4 is 10.1 Å². The molecule has 1 unspecified atom stereocenters. The zero-order chi connectivity index (χ0) is 17.5. The van der Waals surface area contributed by atoms with Crippen molar-refractivity contribution in [3.8, 4) is 5.75 Å². The van der Waals surface area contributed by atoms with Gasteiger partial charge in [0.1, 0.15) is 0 Å². The molecule has 4 heteroatoms. The number of pyridine rings is 1. The lowest BCUT2D eigenvalue weighted by molar-refractivity contribution is 0.313. The summed E-state index contributed by atoms with van der Waals surface area (Å²) in [6, 6.07) is 15.0. The zero-order valence-electron chi connectivity index (χ0n) is 15.1. The summed E-state index contributed by atoms with van der Waals surface area (Å²) in [4.78, 5) is 4.77. The highest BCUT2D eigenvalue weighted by atomic mass is 16.5. The Morgan fingerprint density at radius 1 is 1.16 bits per heavy atom. The molecular weight excluding hydrogens is 310 g/mol. The van der Waals surface area contributed by atoms with Crippen molar-refractivity contribution in [3.63, 3.8) is 0 Å². The van der Waals surface area contributed by atoms with E-state index in [1.165, 1.54) is 5.56 Å². The summed E-state index contributed by atoms with van der Waals surface area (Å²) < 4.78 is 8.06. The number of likely N-dealkylation sites (N-methyl/N-ethyl adjacent to an activating group) is 1. The first-order valence-corrected chi connectivity index (χ1v) is 9.13. The second-order valence-corrected chi connectivity index (χ2v) is 6.44. The largest absolute Gasteiger partial charge is 0.490 e. The Labute approximate surface area is 149 Å². The normalized spacial score (nSPS) is 12.4. The van der Waals surface area contributed by atoms with Crippen LogP contribution in [0.4, 0.5) is 0 Å². The van der Waals surface area contributed by atoms with Gasteiger partial charge in [-0.2, -0.15) is 0 Å². The SMILES string of the molecule is CCNC(C)Cc1cn2cccc(OCCCc3ccccc3)c2n1. The number of hydrogen-bond donors (Lipinski definition) is 1. The van der Waals surface area contributed by atoms with Crippen LogP contribution in [-0.2, 0) is 12.8 Å². The van der Waals surface area contributed by atoms with Crippen molar-refractivity contribution in [1.29, 1.82) is 0 Å². The van der Waals surface area contributed by atoms with E-state index < -0.39 is 0 Å². The summed E-state index contributed by atoms with van der Waals surface area (Å²) in [6.45, 7) is 5.99. The molecule has 0 bridgehead atoms. The van der Waals surface area contributed by atoms with E-state index in [0.717, 1.165) is 42.9 Å². The highest BCUT2D eigenvalue weighted by Gasteiger charge is 2.10. The predicted molar refractivity (Wildman–Crippen MR) is 102 cm³/mol. The molecular formula is C21H27N3O. The smallest absolute Gasteiger partial charge is 0.179 e. The van der Waals surface area contributed by atoms with Gasteiger partial charge in [0.25, 0.3) is 0 Å². The van der Waals surface area contributed by atoms with Crippen LogP contribution in [0, 0.1) is 0 Å². The Hall–Kier alpha value is -2.33. The van der Waals surface area contributed by atoms with Crippen LogP contribution in [0.25, 0.3) is 5.65 Å². The molecule has 3 aromatic rings. The molecule has 0 aliphatic heterocycles. The van der Waals surface area contributed by atoms with Crippen molar-refractivity contribution in [2.24, 2.45) is 0 Å². The molecule has 0 amide bonds. The van der Waals surface area contributed by atoms with E-state index in [2.05, 4.69) is 54.0 Å². The molecule has 0 radical (unpaired) electrons. The summed E-state index contributed by atoms with van der Waals surface area (Å²) in [5, 5.41) is 3.43. The van der Waals surface area contributed by atoms with Crippen LogP contribution >= 0.6 is 0 Å². The summed E-state index contributed by atoms with van der Waals surface area (Å²) in [7, 11) is 0. The minimum Gasteiger partial charge on any atom is -0.490 e. The quantitative estimate of drug-likeness (QED) is 0.602. The number of nitrogens with one attached hydrogen (secondary N) is 1. The molecule has 1 N–H and O–H groups in total. The minimum atomic E-state index is 0.421. The molecule has 1 aromatic carbocycles. The molecule has 3 rings (SSSR count). The highest BCUT2D eigenvalue weighted by Crippen LogP contribution is 2.20.